The van der Waals surface area contributed by atoms with Crippen LogP contribution in [0.15, 0.2) is 0 Å². The highest BCUT2D eigenvalue weighted by atomic mass is 15.0. The molecule has 0 saturated carbocycles. The van der Waals surface area contributed by atoms with Crippen molar-refractivity contribution in [3.05, 3.63) is 0 Å². The summed E-state index contributed by atoms with van der Waals surface area (Å²) in [6.45, 7) is 4.39. The molecule has 2 heteroatoms. The molecule has 1 rings (SSSR count). The molecule has 0 bridgehead atoms. The number of rotatable bonds is 1. The van der Waals surface area contributed by atoms with Crippen molar-refractivity contribution in [2.24, 2.45) is 5.92 Å². The highest BCUT2D eigenvalue weighted by molar-refractivity contribution is 5.80. The van der Waals surface area contributed by atoms with Crippen LogP contribution in [0.2, 0.25) is 0 Å². The van der Waals surface area contributed by atoms with Gasteiger partial charge in [-0.2, -0.15) is 0 Å². The van der Waals surface area contributed by atoms with Crippen molar-refractivity contribution in [2.45, 2.75) is 39.2 Å². The third-order valence-electron chi connectivity index (χ3n) is 2.11. The van der Waals surface area contributed by atoms with Crippen LogP contribution >= 0.6 is 0 Å². The summed E-state index contributed by atoms with van der Waals surface area (Å²) in [5.41, 5.74) is 0. The first-order valence-electron chi connectivity index (χ1n) is 4.06. The minimum Gasteiger partial charge on any atom is -0.371 e. The lowest BCUT2D eigenvalue weighted by atomic mass is 9.92. The predicted molar refractivity (Wildman–Crippen MR) is 43.3 cm³/mol. The van der Waals surface area contributed by atoms with E-state index >= 15 is 0 Å². The van der Waals surface area contributed by atoms with E-state index in [1.165, 1.54) is 6.42 Å². The third kappa shape index (κ3) is 1.72. The summed E-state index contributed by atoms with van der Waals surface area (Å²) in [6.07, 6.45) is 3.32. The summed E-state index contributed by atoms with van der Waals surface area (Å²) in [5, 5.41) is 10.6. The van der Waals surface area contributed by atoms with E-state index in [4.69, 9.17) is 5.41 Å². The fraction of sp³-hybridized carbons (Fsp3) is 0.875. The summed E-state index contributed by atoms with van der Waals surface area (Å²) >= 11 is 0. The van der Waals surface area contributed by atoms with E-state index < -0.39 is 0 Å². The molecular formula is C8H16N2. The molecule has 2 nitrogen and oxygen atoms in total. The molecule has 0 aromatic rings. The first-order chi connectivity index (χ1) is 4.72. The molecule has 0 amide bonds. The van der Waals surface area contributed by atoms with Gasteiger partial charge in [0, 0.05) is 12.5 Å². The average molecular weight is 140 g/mol. The highest BCUT2D eigenvalue weighted by Gasteiger charge is 2.19. The van der Waals surface area contributed by atoms with Gasteiger partial charge in [-0.25, -0.2) is 0 Å². The fourth-order valence-electron chi connectivity index (χ4n) is 1.55. The smallest absolute Gasteiger partial charge is 0.0936 e. The lowest BCUT2D eigenvalue weighted by Gasteiger charge is -2.28. The molecule has 2 atom stereocenters. The van der Waals surface area contributed by atoms with E-state index in [0.29, 0.717) is 12.0 Å². The number of piperidine rings is 1. The molecule has 0 spiro atoms. The summed E-state index contributed by atoms with van der Waals surface area (Å²) in [7, 11) is 0. The Labute approximate surface area is 62.5 Å². The molecule has 0 aromatic heterocycles. The predicted octanol–water partition coefficient (Wildman–Crippen LogP) is 1.76. The molecule has 0 aliphatic carbocycles. The maximum absolute atomic E-state index is 7.44. The molecule has 1 aliphatic rings. The van der Waals surface area contributed by atoms with Gasteiger partial charge in [0.05, 0.1) is 5.84 Å². The van der Waals surface area contributed by atoms with Crippen molar-refractivity contribution in [3.63, 3.8) is 0 Å². The van der Waals surface area contributed by atoms with Gasteiger partial charge in [-0.05, 0) is 18.8 Å². The van der Waals surface area contributed by atoms with Crippen LogP contribution in [0.3, 0.4) is 0 Å². The molecule has 58 valence electrons. The van der Waals surface area contributed by atoms with Crippen LogP contribution < -0.4 is 5.32 Å². The molecule has 1 heterocycles. The van der Waals surface area contributed by atoms with Gasteiger partial charge in [-0.15, -0.1) is 0 Å². The average Bonchev–Trinajstić information content (AvgIpc) is 1.85. The Bertz CT molecular complexity index is 131. The molecule has 10 heavy (non-hydrogen) atoms. The van der Waals surface area contributed by atoms with Crippen LogP contribution in [0.25, 0.3) is 0 Å². The maximum atomic E-state index is 7.44. The zero-order valence-corrected chi connectivity index (χ0v) is 6.78. The zero-order valence-electron chi connectivity index (χ0n) is 6.78. The third-order valence-corrected chi connectivity index (χ3v) is 2.11. The van der Waals surface area contributed by atoms with Gasteiger partial charge in [0.2, 0.25) is 0 Å². The fourth-order valence-corrected chi connectivity index (χ4v) is 1.55. The van der Waals surface area contributed by atoms with Crippen LogP contribution in [0.1, 0.15) is 33.1 Å². The van der Waals surface area contributed by atoms with Crippen LogP contribution in [0, 0.1) is 11.3 Å². The van der Waals surface area contributed by atoms with E-state index in [0.717, 1.165) is 18.7 Å². The zero-order chi connectivity index (χ0) is 7.56. The Morgan fingerprint density at radius 2 is 2.40 bits per heavy atom. The SMILES string of the molecule is CCC1CC(C)CC(=N)N1. The normalized spacial score (nSPS) is 33.6. The van der Waals surface area contributed by atoms with Crippen LogP contribution in [0.4, 0.5) is 0 Å². The Hall–Kier alpha value is -0.530. The minimum absolute atomic E-state index is 0.566. The van der Waals surface area contributed by atoms with Crippen molar-refractivity contribution >= 4 is 5.84 Å². The van der Waals surface area contributed by atoms with E-state index in [2.05, 4.69) is 19.2 Å². The second-order valence-corrected chi connectivity index (χ2v) is 3.27. The van der Waals surface area contributed by atoms with Crippen molar-refractivity contribution in [1.29, 1.82) is 5.41 Å². The summed E-state index contributed by atoms with van der Waals surface area (Å²) < 4.78 is 0. The lowest BCUT2D eigenvalue weighted by molar-refractivity contribution is 0.400. The van der Waals surface area contributed by atoms with E-state index in [1.807, 2.05) is 0 Å². The summed E-state index contributed by atoms with van der Waals surface area (Å²) in [5.74, 6) is 1.43. The quantitative estimate of drug-likeness (QED) is 0.572. The molecule has 2 unspecified atom stereocenters. The van der Waals surface area contributed by atoms with Crippen molar-refractivity contribution < 1.29 is 0 Å². The van der Waals surface area contributed by atoms with Crippen LogP contribution in [-0.4, -0.2) is 11.9 Å². The maximum Gasteiger partial charge on any atom is 0.0936 e. The Kier molecular flexibility index (Phi) is 2.30. The van der Waals surface area contributed by atoms with E-state index in [9.17, 15) is 0 Å². The first-order valence-corrected chi connectivity index (χ1v) is 4.06. The largest absolute Gasteiger partial charge is 0.371 e. The monoisotopic (exact) mass is 140 g/mol. The summed E-state index contributed by atoms with van der Waals surface area (Å²) in [4.78, 5) is 0. The van der Waals surface area contributed by atoms with Gasteiger partial charge in [0.1, 0.15) is 0 Å². The second kappa shape index (κ2) is 3.04. The van der Waals surface area contributed by atoms with Gasteiger partial charge in [-0.1, -0.05) is 13.8 Å². The number of hydrogen-bond donors (Lipinski definition) is 2. The van der Waals surface area contributed by atoms with Crippen molar-refractivity contribution in [2.75, 3.05) is 0 Å². The molecule has 1 saturated heterocycles. The van der Waals surface area contributed by atoms with Gasteiger partial charge in [-0.3, -0.25) is 5.41 Å². The van der Waals surface area contributed by atoms with Gasteiger partial charge in [0.25, 0.3) is 0 Å². The number of amidine groups is 1. The Balaban J connectivity index is 2.42. The number of nitrogens with one attached hydrogen (secondary N) is 2. The highest BCUT2D eigenvalue weighted by Crippen LogP contribution is 2.17. The molecule has 0 aromatic carbocycles. The Morgan fingerprint density at radius 3 is 2.90 bits per heavy atom. The van der Waals surface area contributed by atoms with E-state index in [1.54, 1.807) is 0 Å². The molecule has 2 N–H and O–H groups in total. The second-order valence-electron chi connectivity index (χ2n) is 3.27. The van der Waals surface area contributed by atoms with Crippen molar-refractivity contribution in [3.8, 4) is 0 Å². The molecule has 1 aliphatic heterocycles. The first kappa shape index (κ1) is 7.58. The topological polar surface area (TPSA) is 35.9 Å². The van der Waals surface area contributed by atoms with Crippen molar-refractivity contribution in [1.82, 2.24) is 5.32 Å². The number of hydrogen-bond acceptors (Lipinski definition) is 1. The molecule has 0 radical (unpaired) electrons. The molecule has 1 fully saturated rings. The van der Waals surface area contributed by atoms with Crippen LogP contribution in [0.5, 0.6) is 0 Å². The lowest BCUT2D eigenvalue weighted by Crippen LogP contribution is -2.40. The minimum atomic E-state index is 0.566. The van der Waals surface area contributed by atoms with Crippen LogP contribution in [-0.2, 0) is 0 Å². The van der Waals surface area contributed by atoms with Gasteiger partial charge < -0.3 is 5.32 Å². The van der Waals surface area contributed by atoms with Gasteiger partial charge >= 0.3 is 0 Å². The summed E-state index contributed by atoms with van der Waals surface area (Å²) in [6, 6.07) is 0.566. The van der Waals surface area contributed by atoms with E-state index in [-0.39, 0.29) is 0 Å². The van der Waals surface area contributed by atoms with Gasteiger partial charge in [0.15, 0.2) is 0 Å². The standard InChI is InChI=1S/C8H16N2/c1-3-7-4-6(2)5-8(9)10-7/h6-7H,3-5H2,1-2H3,(H2,9,10). The Morgan fingerprint density at radius 1 is 1.70 bits per heavy atom. The molecular weight excluding hydrogens is 124 g/mol.